The monoisotopic (exact) mass is 277 g/mol. The van der Waals surface area contributed by atoms with Crippen LogP contribution in [0.5, 0.6) is 11.5 Å². The average Bonchev–Trinajstić information content (AvgIpc) is 2.38. The van der Waals surface area contributed by atoms with E-state index in [9.17, 15) is 8.78 Å². The number of rotatable bonds is 3. The van der Waals surface area contributed by atoms with Crippen LogP contribution >= 0.6 is 0 Å². The van der Waals surface area contributed by atoms with Crippen molar-refractivity contribution in [1.82, 2.24) is 0 Å². The Hall–Kier alpha value is -1.94. The zero-order chi connectivity index (χ0) is 14.9. The van der Waals surface area contributed by atoms with E-state index in [2.05, 4.69) is 0 Å². The number of benzene rings is 2. The van der Waals surface area contributed by atoms with Crippen LogP contribution in [0.1, 0.15) is 29.7 Å². The first-order chi connectivity index (χ1) is 9.40. The molecule has 1 atom stereocenters. The summed E-state index contributed by atoms with van der Waals surface area (Å²) in [7, 11) is 0. The van der Waals surface area contributed by atoms with Crippen molar-refractivity contribution in [3.05, 3.63) is 58.7 Å². The summed E-state index contributed by atoms with van der Waals surface area (Å²) < 4.78 is 33.2. The van der Waals surface area contributed by atoms with E-state index in [-0.39, 0.29) is 11.6 Å². The molecule has 0 amide bonds. The van der Waals surface area contributed by atoms with E-state index in [1.54, 1.807) is 32.9 Å². The Balaban J connectivity index is 2.47. The zero-order valence-electron chi connectivity index (χ0n) is 11.7. The topological polar surface area (TPSA) is 35.2 Å². The molecule has 0 aliphatic heterocycles. The number of nitrogens with two attached hydrogens (primary N) is 1. The molecule has 2 aromatic rings. The van der Waals surface area contributed by atoms with Crippen molar-refractivity contribution in [2.24, 2.45) is 5.73 Å². The predicted octanol–water partition coefficient (Wildman–Crippen LogP) is 4.39. The van der Waals surface area contributed by atoms with Gasteiger partial charge in [0.1, 0.15) is 11.6 Å². The molecule has 0 bridgehead atoms. The Morgan fingerprint density at radius 3 is 2.40 bits per heavy atom. The SMILES string of the molecule is Cc1cc(Oc2cccc(C)c2F)c([C@@H](C)N)cc1F. The van der Waals surface area contributed by atoms with Gasteiger partial charge in [0.2, 0.25) is 0 Å². The van der Waals surface area contributed by atoms with Crippen LogP contribution in [0.25, 0.3) is 0 Å². The summed E-state index contributed by atoms with van der Waals surface area (Å²) >= 11 is 0. The summed E-state index contributed by atoms with van der Waals surface area (Å²) in [5, 5.41) is 0. The number of hydrogen-bond acceptors (Lipinski definition) is 2. The molecule has 4 heteroatoms. The summed E-state index contributed by atoms with van der Waals surface area (Å²) in [5.74, 6) is -0.291. The molecule has 0 aliphatic rings. The summed E-state index contributed by atoms with van der Waals surface area (Å²) in [6.07, 6.45) is 0. The Labute approximate surface area is 117 Å². The Morgan fingerprint density at radius 2 is 1.75 bits per heavy atom. The standard InChI is InChI=1S/C16H17F2NO/c1-9-5-4-6-14(16(9)18)20-15-7-10(2)13(17)8-12(15)11(3)19/h4-8,11H,19H2,1-3H3/t11-/m1/s1. The first-order valence-corrected chi connectivity index (χ1v) is 6.38. The van der Waals surface area contributed by atoms with Gasteiger partial charge < -0.3 is 10.5 Å². The zero-order valence-corrected chi connectivity index (χ0v) is 11.7. The molecule has 0 aromatic heterocycles. The molecule has 2 rings (SSSR count). The van der Waals surface area contributed by atoms with Gasteiger partial charge in [-0.2, -0.15) is 0 Å². The summed E-state index contributed by atoms with van der Waals surface area (Å²) in [6, 6.07) is 7.36. The van der Waals surface area contributed by atoms with Crippen LogP contribution in [-0.2, 0) is 0 Å². The van der Waals surface area contributed by atoms with Crippen LogP contribution in [-0.4, -0.2) is 0 Å². The molecule has 0 saturated carbocycles. The van der Waals surface area contributed by atoms with Crippen molar-refractivity contribution in [2.75, 3.05) is 0 Å². The molecule has 0 spiro atoms. The third-order valence-electron chi connectivity index (χ3n) is 3.16. The van der Waals surface area contributed by atoms with E-state index in [1.807, 2.05) is 0 Å². The maximum absolute atomic E-state index is 14.0. The second-order valence-corrected chi connectivity index (χ2v) is 4.92. The van der Waals surface area contributed by atoms with Crippen molar-refractivity contribution >= 4 is 0 Å². The fourth-order valence-electron chi connectivity index (χ4n) is 1.93. The molecule has 106 valence electrons. The number of aryl methyl sites for hydroxylation is 2. The summed E-state index contributed by atoms with van der Waals surface area (Å²) in [4.78, 5) is 0. The van der Waals surface area contributed by atoms with Gasteiger partial charge in [-0.15, -0.1) is 0 Å². The highest BCUT2D eigenvalue weighted by molar-refractivity contribution is 5.43. The minimum absolute atomic E-state index is 0.109. The quantitative estimate of drug-likeness (QED) is 0.902. The molecule has 0 radical (unpaired) electrons. The minimum atomic E-state index is -0.426. The van der Waals surface area contributed by atoms with Crippen LogP contribution in [0.15, 0.2) is 30.3 Å². The van der Waals surface area contributed by atoms with E-state index in [4.69, 9.17) is 10.5 Å². The van der Waals surface area contributed by atoms with Crippen LogP contribution in [0.3, 0.4) is 0 Å². The molecule has 20 heavy (non-hydrogen) atoms. The lowest BCUT2D eigenvalue weighted by Crippen LogP contribution is -2.08. The number of hydrogen-bond donors (Lipinski definition) is 1. The third kappa shape index (κ3) is 2.80. The largest absolute Gasteiger partial charge is 0.454 e. The van der Waals surface area contributed by atoms with Crippen LogP contribution in [0, 0.1) is 25.5 Å². The Morgan fingerprint density at radius 1 is 1.05 bits per heavy atom. The minimum Gasteiger partial charge on any atom is -0.454 e. The van der Waals surface area contributed by atoms with Gasteiger partial charge in [0.15, 0.2) is 11.6 Å². The van der Waals surface area contributed by atoms with Gasteiger partial charge in [-0.05, 0) is 50.1 Å². The molecule has 0 saturated heterocycles. The van der Waals surface area contributed by atoms with Crippen molar-refractivity contribution in [3.63, 3.8) is 0 Å². The molecule has 0 fully saturated rings. The van der Waals surface area contributed by atoms with E-state index in [0.717, 1.165) is 0 Å². The predicted molar refractivity (Wildman–Crippen MR) is 75.0 cm³/mol. The molecule has 2 nitrogen and oxygen atoms in total. The van der Waals surface area contributed by atoms with Crippen molar-refractivity contribution in [1.29, 1.82) is 0 Å². The highest BCUT2D eigenvalue weighted by Crippen LogP contribution is 2.33. The van der Waals surface area contributed by atoms with Crippen LogP contribution in [0.4, 0.5) is 8.78 Å². The van der Waals surface area contributed by atoms with Crippen LogP contribution in [0.2, 0.25) is 0 Å². The maximum Gasteiger partial charge on any atom is 0.168 e. The normalized spacial score (nSPS) is 12.3. The van der Waals surface area contributed by atoms with Gasteiger partial charge in [-0.3, -0.25) is 0 Å². The smallest absolute Gasteiger partial charge is 0.168 e. The molecular formula is C16H17F2NO. The molecule has 0 unspecified atom stereocenters. The lowest BCUT2D eigenvalue weighted by molar-refractivity contribution is 0.431. The lowest BCUT2D eigenvalue weighted by atomic mass is 10.0. The lowest BCUT2D eigenvalue weighted by Gasteiger charge is -2.16. The number of ether oxygens (including phenoxy) is 1. The van der Waals surface area contributed by atoms with Gasteiger partial charge >= 0.3 is 0 Å². The van der Waals surface area contributed by atoms with Crippen LogP contribution < -0.4 is 10.5 Å². The highest BCUT2D eigenvalue weighted by atomic mass is 19.1. The fourth-order valence-corrected chi connectivity index (χ4v) is 1.93. The molecule has 2 aromatic carbocycles. The van der Waals surface area contributed by atoms with E-state index in [0.29, 0.717) is 22.4 Å². The van der Waals surface area contributed by atoms with Crippen molar-refractivity contribution < 1.29 is 13.5 Å². The van der Waals surface area contributed by atoms with Crippen molar-refractivity contribution in [2.45, 2.75) is 26.8 Å². The maximum atomic E-state index is 14.0. The average molecular weight is 277 g/mol. The van der Waals surface area contributed by atoms with Gasteiger partial charge in [-0.25, -0.2) is 8.78 Å². The van der Waals surface area contributed by atoms with Crippen molar-refractivity contribution in [3.8, 4) is 11.5 Å². The van der Waals surface area contributed by atoms with E-state index < -0.39 is 11.9 Å². The second-order valence-electron chi connectivity index (χ2n) is 4.92. The van der Waals surface area contributed by atoms with E-state index >= 15 is 0 Å². The first-order valence-electron chi connectivity index (χ1n) is 6.38. The highest BCUT2D eigenvalue weighted by Gasteiger charge is 2.15. The third-order valence-corrected chi connectivity index (χ3v) is 3.16. The second kappa shape index (κ2) is 5.59. The molecule has 2 N–H and O–H groups in total. The molecule has 0 aliphatic carbocycles. The van der Waals surface area contributed by atoms with Gasteiger partial charge in [0.05, 0.1) is 0 Å². The van der Waals surface area contributed by atoms with E-state index in [1.165, 1.54) is 18.2 Å². The first kappa shape index (κ1) is 14.5. The van der Waals surface area contributed by atoms with Gasteiger partial charge in [0.25, 0.3) is 0 Å². The fraction of sp³-hybridized carbons (Fsp3) is 0.250. The Kier molecular flexibility index (Phi) is 4.04. The Bertz CT molecular complexity index is 639. The summed E-state index contributed by atoms with van der Waals surface area (Å²) in [6.45, 7) is 5.01. The molecular weight excluding hydrogens is 260 g/mol. The van der Waals surface area contributed by atoms with Gasteiger partial charge in [0, 0.05) is 11.6 Å². The molecule has 0 heterocycles. The summed E-state index contributed by atoms with van der Waals surface area (Å²) in [5.41, 5.74) is 7.24. The van der Waals surface area contributed by atoms with Gasteiger partial charge in [-0.1, -0.05) is 12.1 Å². The number of halogens is 2.